The topological polar surface area (TPSA) is 46.5 Å². The van der Waals surface area contributed by atoms with Crippen molar-refractivity contribution in [3.63, 3.8) is 0 Å². The van der Waals surface area contributed by atoms with Crippen LogP contribution in [0.15, 0.2) is 18.2 Å². The predicted octanol–water partition coefficient (Wildman–Crippen LogP) is 2.68. The third-order valence-electron chi connectivity index (χ3n) is 4.34. The molecule has 0 saturated carbocycles. The zero-order valence-corrected chi connectivity index (χ0v) is 11.4. The summed E-state index contributed by atoms with van der Waals surface area (Å²) in [7, 11) is 0. The van der Waals surface area contributed by atoms with Crippen molar-refractivity contribution in [3.8, 4) is 0 Å². The van der Waals surface area contributed by atoms with Gasteiger partial charge < -0.3 is 9.84 Å². The number of hydrogen-bond donors (Lipinski definition) is 1. The van der Waals surface area contributed by atoms with Gasteiger partial charge in [0.25, 0.3) is 0 Å². The molecule has 2 rings (SSSR count). The molecule has 1 heterocycles. The first-order valence-electron chi connectivity index (χ1n) is 6.20. The van der Waals surface area contributed by atoms with Crippen molar-refractivity contribution < 1.29 is 14.6 Å². The second-order valence-corrected chi connectivity index (χ2v) is 5.82. The van der Waals surface area contributed by atoms with Gasteiger partial charge in [0.1, 0.15) is 0 Å². The van der Waals surface area contributed by atoms with Crippen molar-refractivity contribution in [1.82, 2.24) is 0 Å². The molecule has 1 saturated heterocycles. The minimum Gasteiger partial charge on any atom is -0.481 e. The molecular weight excluding hydrogens is 228 g/mol. The van der Waals surface area contributed by atoms with Crippen molar-refractivity contribution in [1.29, 1.82) is 0 Å². The summed E-state index contributed by atoms with van der Waals surface area (Å²) >= 11 is 0. The molecule has 1 aliphatic heterocycles. The summed E-state index contributed by atoms with van der Waals surface area (Å²) in [5.74, 6) is -0.772. The molecule has 0 unspecified atom stereocenters. The standard InChI is InChI=1S/C15H20O3/c1-10-5-6-11(2)12(7-10)15(8-18-9-15)14(3,4)13(16)17/h5-7H,8-9H2,1-4H3,(H,16,17). The highest BCUT2D eigenvalue weighted by molar-refractivity contribution is 5.77. The fourth-order valence-corrected chi connectivity index (χ4v) is 2.62. The SMILES string of the molecule is Cc1ccc(C)c(C2(C(C)(C)C(=O)O)COC2)c1. The van der Waals surface area contributed by atoms with Crippen LogP contribution >= 0.6 is 0 Å². The molecule has 3 nitrogen and oxygen atoms in total. The van der Waals surface area contributed by atoms with Crippen LogP contribution in [-0.2, 0) is 14.9 Å². The molecule has 98 valence electrons. The van der Waals surface area contributed by atoms with Crippen molar-refractivity contribution in [2.75, 3.05) is 13.2 Å². The Morgan fingerprint density at radius 3 is 2.39 bits per heavy atom. The second-order valence-electron chi connectivity index (χ2n) is 5.82. The van der Waals surface area contributed by atoms with E-state index in [2.05, 4.69) is 18.2 Å². The highest BCUT2D eigenvalue weighted by Crippen LogP contribution is 2.48. The third-order valence-corrected chi connectivity index (χ3v) is 4.34. The van der Waals surface area contributed by atoms with Crippen molar-refractivity contribution in [3.05, 3.63) is 34.9 Å². The predicted molar refractivity (Wildman–Crippen MR) is 69.8 cm³/mol. The summed E-state index contributed by atoms with van der Waals surface area (Å²) in [4.78, 5) is 11.6. The van der Waals surface area contributed by atoms with Crippen LogP contribution in [0.5, 0.6) is 0 Å². The van der Waals surface area contributed by atoms with E-state index < -0.39 is 16.8 Å². The van der Waals surface area contributed by atoms with Crippen molar-refractivity contribution in [2.45, 2.75) is 33.1 Å². The van der Waals surface area contributed by atoms with Gasteiger partial charge in [-0.3, -0.25) is 4.79 Å². The lowest BCUT2D eigenvalue weighted by Crippen LogP contribution is -2.60. The molecule has 1 aliphatic rings. The minimum absolute atomic E-state index is 0.408. The Hall–Kier alpha value is -1.35. The molecule has 0 aliphatic carbocycles. The van der Waals surface area contributed by atoms with Gasteiger partial charge in [0.15, 0.2) is 0 Å². The molecule has 1 aromatic rings. The Morgan fingerprint density at radius 1 is 1.33 bits per heavy atom. The highest BCUT2D eigenvalue weighted by Gasteiger charge is 2.56. The molecule has 0 atom stereocenters. The maximum absolute atomic E-state index is 11.6. The Bertz CT molecular complexity index is 485. The molecule has 0 amide bonds. The molecule has 1 fully saturated rings. The van der Waals surface area contributed by atoms with Crippen LogP contribution in [-0.4, -0.2) is 24.3 Å². The smallest absolute Gasteiger partial charge is 0.310 e. The van der Waals surface area contributed by atoms with Crippen LogP contribution in [0, 0.1) is 19.3 Å². The Morgan fingerprint density at radius 2 is 1.94 bits per heavy atom. The molecule has 0 radical (unpaired) electrons. The summed E-state index contributed by atoms with van der Waals surface area (Å²) < 4.78 is 5.36. The van der Waals surface area contributed by atoms with Gasteiger partial charge >= 0.3 is 5.97 Å². The summed E-state index contributed by atoms with van der Waals surface area (Å²) in [5.41, 5.74) is 2.17. The number of ether oxygens (including phenoxy) is 1. The van der Waals surface area contributed by atoms with Crippen LogP contribution in [0.2, 0.25) is 0 Å². The first-order valence-corrected chi connectivity index (χ1v) is 6.20. The van der Waals surface area contributed by atoms with E-state index in [0.29, 0.717) is 13.2 Å². The van der Waals surface area contributed by atoms with Gasteiger partial charge in [0.2, 0.25) is 0 Å². The van der Waals surface area contributed by atoms with E-state index in [1.54, 1.807) is 13.8 Å². The van der Waals surface area contributed by atoms with Crippen LogP contribution in [0.3, 0.4) is 0 Å². The van der Waals surface area contributed by atoms with Crippen LogP contribution in [0.1, 0.15) is 30.5 Å². The normalized spacial score (nSPS) is 18.2. The van der Waals surface area contributed by atoms with E-state index >= 15 is 0 Å². The Kier molecular flexibility index (Phi) is 2.98. The first-order chi connectivity index (χ1) is 8.31. The molecule has 3 heteroatoms. The zero-order chi connectivity index (χ0) is 13.6. The Balaban J connectivity index is 2.57. The molecule has 0 aromatic heterocycles. The maximum atomic E-state index is 11.6. The van der Waals surface area contributed by atoms with Gasteiger partial charge in [-0.05, 0) is 38.8 Å². The molecule has 0 bridgehead atoms. The van der Waals surface area contributed by atoms with Gasteiger partial charge in [-0.1, -0.05) is 23.8 Å². The number of hydrogen-bond acceptors (Lipinski definition) is 2. The van der Waals surface area contributed by atoms with E-state index in [9.17, 15) is 9.90 Å². The number of carboxylic acid groups (broad SMARTS) is 1. The average Bonchev–Trinajstić information content (AvgIpc) is 2.21. The van der Waals surface area contributed by atoms with Crippen LogP contribution < -0.4 is 0 Å². The van der Waals surface area contributed by atoms with Gasteiger partial charge in [-0.15, -0.1) is 0 Å². The quantitative estimate of drug-likeness (QED) is 0.894. The zero-order valence-electron chi connectivity index (χ0n) is 11.4. The summed E-state index contributed by atoms with van der Waals surface area (Å²) in [6.07, 6.45) is 0. The van der Waals surface area contributed by atoms with E-state index in [1.165, 1.54) is 0 Å². The van der Waals surface area contributed by atoms with Gasteiger partial charge in [0.05, 0.1) is 24.0 Å². The number of aryl methyl sites for hydroxylation is 2. The number of carboxylic acids is 1. The van der Waals surface area contributed by atoms with Crippen LogP contribution in [0.4, 0.5) is 0 Å². The summed E-state index contributed by atoms with van der Waals surface area (Å²) in [6.45, 7) is 8.61. The molecule has 0 spiro atoms. The van der Waals surface area contributed by atoms with E-state index in [4.69, 9.17) is 4.74 Å². The van der Waals surface area contributed by atoms with Crippen molar-refractivity contribution >= 4 is 5.97 Å². The Labute approximate surface area is 108 Å². The number of rotatable bonds is 3. The molecule has 18 heavy (non-hydrogen) atoms. The molecule has 1 N–H and O–H groups in total. The van der Waals surface area contributed by atoms with Crippen LogP contribution in [0.25, 0.3) is 0 Å². The first kappa shape index (κ1) is 13.1. The fraction of sp³-hybridized carbons (Fsp3) is 0.533. The number of carbonyl (C=O) groups is 1. The van der Waals surface area contributed by atoms with E-state index in [-0.39, 0.29) is 0 Å². The van der Waals surface area contributed by atoms with E-state index in [1.807, 2.05) is 13.8 Å². The molecule has 1 aromatic carbocycles. The van der Waals surface area contributed by atoms with Gasteiger partial charge in [-0.2, -0.15) is 0 Å². The number of benzene rings is 1. The fourth-order valence-electron chi connectivity index (χ4n) is 2.62. The lowest BCUT2D eigenvalue weighted by Gasteiger charge is -2.51. The molecular formula is C15H20O3. The third kappa shape index (κ3) is 1.65. The summed E-state index contributed by atoms with van der Waals surface area (Å²) in [5, 5.41) is 9.51. The summed E-state index contributed by atoms with van der Waals surface area (Å²) in [6, 6.07) is 6.21. The highest BCUT2D eigenvalue weighted by atomic mass is 16.5. The minimum atomic E-state index is -0.830. The van der Waals surface area contributed by atoms with Crippen molar-refractivity contribution in [2.24, 2.45) is 5.41 Å². The lowest BCUT2D eigenvalue weighted by atomic mass is 9.59. The number of aliphatic carboxylic acids is 1. The van der Waals surface area contributed by atoms with Gasteiger partial charge in [0, 0.05) is 0 Å². The van der Waals surface area contributed by atoms with E-state index in [0.717, 1.165) is 16.7 Å². The average molecular weight is 248 g/mol. The monoisotopic (exact) mass is 248 g/mol. The van der Waals surface area contributed by atoms with Gasteiger partial charge in [-0.25, -0.2) is 0 Å². The lowest BCUT2D eigenvalue weighted by molar-refractivity contribution is -0.171. The largest absolute Gasteiger partial charge is 0.481 e. The second kappa shape index (κ2) is 4.09. The maximum Gasteiger partial charge on any atom is 0.310 e.